The second-order valence-electron chi connectivity index (χ2n) is 4.71. The Morgan fingerprint density at radius 2 is 1.76 bits per heavy atom. The standard InChI is InChI=1S/C18H19NOS/c1-3-7-17(21-16-8-5-4-6-9-16)18(20)19-15-12-10-14(2)11-13-15/h4-13H,3H2,1-2H3,(H,19,20)/b17-7-. The van der Waals surface area contributed by atoms with Crippen molar-refractivity contribution in [1.82, 2.24) is 0 Å². The largest absolute Gasteiger partial charge is 0.322 e. The fraction of sp³-hybridized carbons (Fsp3) is 0.167. The van der Waals surface area contributed by atoms with E-state index in [1.165, 1.54) is 17.3 Å². The number of nitrogens with one attached hydrogen (secondary N) is 1. The lowest BCUT2D eigenvalue weighted by Crippen LogP contribution is -2.12. The van der Waals surface area contributed by atoms with E-state index in [1.54, 1.807) is 0 Å². The van der Waals surface area contributed by atoms with E-state index in [0.717, 1.165) is 21.9 Å². The van der Waals surface area contributed by atoms with E-state index in [2.05, 4.69) is 5.32 Å². The van der Waals surface area contributed by atoms with Gasteiger partial charge in [0.1, 0.15) is 0 Å². The molecule has 2 aromatic carbocycles. The first-order chi connectivity index (χ1) is 10.2. The van der Waals surface area contributed by atoms with Gasteiger partial charge in [0.2, 0.25) is 0 Å². The maximum atomic E-state index is 12.4. The van der Waals surface area contributed by atoms with Crippen LogP contribution in [0, 0.1) is 6.92 Å². The zero-order valence-electron chi connectivity index (χ0n) is 12.3. The Bertz CT molecular complexity index is 617. The van der Waals surface area contributed by atoms with Gasteiger partial charge < -0.3 is 5.32 Å². The number of carbonyl (C=O) groups excluding carboxylic acids is 1. The molecule has 2 nitrogen and oxygen atoms in total. The second-order valence-corrected chi connectivity index (χ2v) is 5.83. The number of rotatable bonds is 5. The Morgan fingerprint density at radius 3 is 2.38 bits per heavy atom. The molecule has 0 saturated heterocycles. The van der Waals surface area contributed by atoms with Crippen molar-refractivity contribution in [2.45, 2.75) is 25.2 Å². The Kier molecular flexibility index (Phi) is 5.64. The first kappa shape index (κ1) is 15.4. The number of carbonyl (C=O) groups is 1. The third-order valence-corrected chi connectivity index (χ3v) is 3.97. The van der Waals surface area contributed by atoms with Crippen molar-refractivity contribution in [3.8, 4) is 0 Å². The van der Waals surface area contributed by atoms with E-state index >= 15 is 0 Å². The molecule has 0 spiro atoms. The summed E-state index contributed by atoms with van der Waals surface area (Å²) in [6.07, 6.45) is 2.79. The summed E-state index contributed by atoms with van der Waals surface area (Å²) < 4.78 is 0. The van der Waals surface area contributed by atoms with Crippen molar-refractivity contribution in [2.75, 3.05) is 5.32 Å². The lowest BCUT2D eigenvalue weighted by atomic mass is 10.2. The summed E-state index contributed by atoms with van der Waals surface area (Å²) in [6.45, 7) is 4.06. The second kappa shape index (κ2) is 7.70. The van der Waals surface area contributed by atoms with Crippen LogP contribution in [0.15, 0.2) is 70.5 Å². The molecular formula is C18H19NOS. The van der Waals surface area contributed by atoms with Gasteiger partial charge in [0.05, 0.1) is 4.91 Å². The van der Waals surface area contributed by atoms with Gasteiger partial charge in [-0.3, -0.25) is 4.79 Å². The fourth-order valence-corrected chi connectivity index (χ4v) is 2.75. The number of hydrogen-bond acceptors (Lipinski definition) is 2. The van der Waals surface area contributed by atoms with E-state index in [4.69, 9.17) is 0 Å². The summed E-state index contributed by atoms with van der Waals surface area (Å²) in [7, 11) is 0. The van der Waals surface area contributed by atoms with Gasteiger partial charge in [0.15, 0.2) is 0 Å². The molecule has 0 bridgehead atoms. The molecule has 0 saturated carbocycles. The number of allylic oxidation sites excluding steroid dienone is 1. The predicted octanol–water partition coefficient (Wildman–Crippen LogP) is 5.02. The van der Waals surface area contributed by atoms with Gasteiger partial charge in [-0.2, -0.15) is 0 Å². The molecule has 2 aromatic rings. The van der Waals surface area contributed by atoms with Gasteiger partial charge in [-0.25, -0.2) is 0 Å². The highest BCUT2D eigenvalue weighted by atomic mass is 32.2. The zero-order chi connectivity index (χ0) is 15.1. The molecule has 0 aliphatic carbocycles. The minimum Gasteiger partial charge on any atom is -0.322 e. The molecule has 0 aliphatic rings. The summed E-state index contributed by atoms with van der Waals surface area (Å²) in [4.78, 5) is 14.2. The van der Waals surface area contributed by atoms with E-state index in [-0.39, 0.29) is 5.91 Å². The van der Waals surface area contributed by atoms with Crippen LogP contribution in [0.4, 0.5) is 5.69 Å². The summed E-state index contributed by atoms with van der Waals surface area (Å²) in [6, 6.07) is 17.8. The summed E-state index contributed by atoms with van der Waals surface area (Å²) in [5.41, 5.74) is 2.00. The molecule has 1 N–H and O–H groups in total. The molecule has 108 valence electrons. The monoisotopic (exact) mass is 297 g/mol. The average Bonchev–Trinajstić information content (AvgIpc) is 2.50. The molecule has 3 heteroatoms. The molecule has 0 radical (unpaired) electrons. The maximum absolute atomic E-state index is 12.4. The van der Waals surface area contributed by atoms with Crippen molar-refractivity contribution in [3.63, 3.8) is 0 Å². The summed E-state index contributed by atoms with van der Waals surface area (Å²) in [5, 5.41) is 2.95. The molecule has 0 heterocycles. The number of thioether (sulfide) groups is 1. The van der Waals surface area contributed by atoms with Crippen molar-refractivity contribution in [1.29, 1.82) is 0 Å². The van der Waals surface area contributed by atoms with Gasteiger partial charge >= 0.3 is 0 Å². The van der Waals surface area contributed by atoms with Gasteiger partial charge in [-0.15, -0.1) is 0 Å². The van der Waals surface area contributed by atoms with Gasteiger partial charge in [-0.05, 0) is 37.6 Å². The lowest BCUT2D eigenvalue weighted by molar-refractivity contribution is -0.112. The van der Waals surface area contributed by atoms with Crippen LogP contribution in [0.25, 0.3) is 0 Å². The van der Waals surface area contributed by atoms with Crippen LogP contribution < -0.4 is 5.32 Å². The average molecular weight is 297 g/mol. The van der Waals surface area contributed by atoms with E-state index in [0.29, 0.717) is 0 Å². The Labute approximate surface area is 130 Å². The number of aryl methyl sites for hydroxylation is 1. The smallest absolute Gasteiger partial charge is 0.262 e. The zero-order valence-corrected chi connectivity index (χ0v) is 13.1. The highest BCUT2D eigenvalue weighted by Crippen LogP contribution is 2.27. The minimum absolute atomic E-state index is 0.0606. The van der Waals surface area contributed by atoms with Crippen LogP contribution in [0.2, 0.25) is 0 Å². The molecule has 0 aromatic heterocycles. The molecule has 0 fully saturated rings. The van der Waals surface area contributed by atoms with Crippen molar-refractivity contribution < 1.29 is 4.79 Å². The summed E-state index contributed by atoms with van der Waals surface area (Å²) in [5.74, 6) is -0.0606. The van der Waals surface area contributed by atoms with Gasteiger partial charge in [0, 0.05) is 10.6 Å². The van der Waals surface area contributed by atoms with Crippen molar-refractivity contribution in [2.24, 2.45) is 0 Å². The molecule has 1 amide bonds. The molecule has 21 heavy (non-hydrogen) atoms. The van der Waals surface area contributed by atoms with E-state index in [9.17, 15) is 4.79 Å². The van der Waals surface area contributed by atoms with Crippen LogP contribution in [-0.4, -0.2) is 5.91 Å². The van der Waals surface area contributed by atoms with Gasteiger partial charge in [0.25, 0.3) is 5.91 Å². The highest BCUT2D eigenvalue weighted by molar-refractivity contribution is 8.04. The third-order valence-electron chi connectivity index (χ3n) is 2.89. The lowest BCUT2D eigenvalue weighted by Gasteiger charge is -2.09. The number of anilines is 1. The molecule has 0 aliphatic heterocycles. The fourth-order valence-electron chi connectivity index (χ4n) is 1.81. The van der Waals surface area contributed by atoms with Crippen LogP contribution in [-0.2, 0) is 4.79 Å². The maximum Gasteiger partial charge on any atom is 0.262 e. The van der Waals surface area contributed by atoms with Crippen molar-refractivity contribution >= 4 is 23.4 Å². The van der Waals surface area contributed by atoms with Crippen LogP contribution >= 0.6 is 11.8 Å². The first-order valence-corrected chi connectivity index (χ1v) is 7.81. The molecular weight excluding hydrogens is 278 g/mol. The minimum atomic E-state index is -0.0606. The first-order valence-electron chi connectivity index (χ1n) is 7.00. The SMILES string of the molecule is CC/C=C(\Sc1ccccc1)C(=O)Nc1ccc(C)cc1. The van der Waals surface area contributed by atoms with Gasteiger partial charge in [-0.1, -0.05) is 60.7 Å². The third kappa shape index (κ3) is 4.80. The molecule has 0 atom stereocenters. The predicted molar refractivity (Wildman–Crippen MR) is 90.5 cm³/mol. The topological polar surface area (TPSA) is 29.1 Å². The normalized spacial score (nSPS) is 11.2. The van der Waals surface area contributed by atoms with Crippen LogP contribution in [0.3, 0.4) is 0 Å². The van der Waals surface area contributed by atoms with E-state index < -0.39 is 0 Å². The highest BCUT2D eigenvalue weighted by Gasteiger charge is 2.11. The number of amides is 1. The number of benzene rings is 2. The molecule has 2 rings (SSSR count). The van der Waals surface area contributed by atoms with Crippen LogP contribution in [0.5, 0.6) is 0 Å². The quantitative estimate of drug-likeness (QED) is 0.620. The Balaban J connectivity index is 2.09. The number of hydrogen-bond donors (Lipinski definition) is 1. The molecule has 0 unspecified atom stereocenters. The summed E-state index contributed by atoms with van der Waals surface area (Å²) >= 11 is 1.49. The Morgan fingerprint density at radius 1 is 1.10 bits per heavy atom. The van der Waals surface area contributed by atoms with Crippen LogP contribution in [0.1, 0.15) is 18.9 Å². The Hall–Kier alpha value is -2.00. The van der Waals surface area contributed by atoms with Crippen molar-refractivity contribution in [3.05, 3.63) is 71.1 Å². The van der Waals surface area contributed by atoms with E-state index in [1.807, 2.05) is 74.5 Å².